The molecule has 3 aromatic rings. The molecule has 0 bridgehead atoms. The van der Waals surface area contributed by atoms with Crippen LogP contribution in [-0.2, 0) is 16.1 Å². The lowest BCUT2D eigenvalue weighted by Crippen LogP contribution is -2.33. The van der Waals surface area contributed by atoms with Crippen LogP contribution in [0.1, 0.15) is 19.4 Å². The standard InChI is InChI=1S/C22H21F3N2O2/c1-14-9-11-16(12-10-14)19-17-7-5-6-8-18(17)27(26-19)13-21(3,4)20(28)29-15(2)22(23,24)25/h5-12H,2,13H2,1,3-4H3. The number of hydrogen-bond acceptors (Lipinski definition) is 3. The molecule has 0 aliphatic rings. The van der Waals surface area contributed by atoms with Crippen LogP contribution in [0.4, 0.5) is 13.2 Å². The first-order valence-electron chi connectivity index (χ1n) is 9.00. The highest BCUT2D eigenvalue weighted by atomic mass is 19.4. The van der Waals surface area contributed by atoms with Gasteiger partial charge in [0.05, 0.1) is 17.5 Å². The summed E-state index contributed by atoms with van der Waals surface area (Å²) < 4.78 is 44.1. The molecule has 0 amide bonds. The second-order valence-corrected chi connectivity index (χ2v) is 7.58. The van der Waals surface area contributed by atoms with Crippen LogP contribution in [0.2, 0.25) is 0 Å². The number of nitrogens with zero attached hydrogens (tertiary/aromatic N) is 2. The summed E-state index contributed by atoms with van der Waals surface area (Å²) in [5.41, 5.74) is 2.29. The first-order valence-corrected chi connectivity index (χ1v) is 9.00. The Bertz CT molecular complexity index is 1060. The SMILES string of the molecule is C=C(OC(=O)C(C)(C)Cn1nc(-c2ccc(C)cc2)c2ccccc21)C(F)(F)F. The molecule has 0 fully saturated rings. The van der Waals surface area contributed by atoms with Gasteiger partial charge in [-0.15, -0.1) is 0 Å². The molecule has 0 spiro atoms. The fourth-order valence-corrected chi connectivity index (χ4v) is 2.92. The number of carbonyl (C=O) groups excluding carboxylic acids is 1. The van der Waals surface area contributed by atoms with E-state index in [1.807, 2.05) is 55.5 Å². The molecule has 4 nitrogen and oxygen atoms in total. The maximum atomic E-state index is 12.7. The third-order valence-corrected chi connectivity index (χ3v) is 4.61. The van der Waals surface area contributed by atoms with Crippen LogP contribution in [0.25, 0.3) is 22.2 Å². The number of alkyl halides is 3. The van der Waals surface area contributed by atoms with Crippen LogP contribution in [0, 0.1) is 12.3 Å². The third-order valence-electron chi connectivity index (χ3n) is 4.61. The lowest BCUT2D eigenvalue weighted by atomic mass is 9.93. The number of para-hydroxylation sites is 1. The first kappa shape index (κ1) is 20.6. The van der Waals surface area contributed by atoms with Crippen molar-refractivity contribution in [3.8, 4) is 11.3 Å². The van der Waals surface area contributed by atoms with Crippen LogP contribution < -0.4 is 0 Å². The van der Waals surface area contributed by atoms with E-state index in [9.17, 15) is 18.0 Å². The van der Waals surface area contributed by atoms with E-state index >= 15 is 0 Å². The topological polar surface area (TPSA) is 44.1 Å². The fourth-order valence-electron chi connectivity index (χ4n) is 2.92. The largest absolute Gasteiger partial charge is 0.449 e. The van der Waals surface area contributed by atoms with Crippen molar-refractivity contribution in [2.24, 2.45) is 5.41 Å². The Kier molecular flexibility index (Phi) is 5.26. The van der Waals surface area contributed by atoms with Crippen LogP contribution >= 0.6 is 0 Å². The summed E-state index contributed by atoms with van der Waals surface area (Å²) >= 11 is 0. The zero-order chi connectivity index (χ0) is 21.4. The van der Waals surface area contributed by atoms with Crippen molar-refractivity contribution in [1.82, 2.24) is 9.78 Å². The second kappa shape index (κ2) is 7.39. The van der Waals surface area contributed by atoms with E-state index in [4.69, 9.17) is 0 Å². The molecule has 2 aromatic carbocycles. The number of fused-ring (bicyclic) bond motifs is 1. The average molecular weight is 402 g/mol. The summed E-state index contributed by atoms with van der Waals surface area (Å²) in [6, 6.07) is 15.4. The number of carbonyl (C=O) groups is 1. The van der Waals surface area contributed by atoms with Crippen molar-refractivity contribution < 1.29 is 22.7 Å². The molecule has 29 heavy (non-hydrogen) atoms. The van der Waals surface area contributed by atoms with Gasteiger partial charge in [0.2, 0.25) is 5.76 Å². The van der Waals surface area contributed by atoms with Crippen LogP contribution in [0.3, 0.4) is 0 Å². The van der Waals surface area contributed by atoms with Crippen molar-refractivity contribution in [2.75, 3.05) is 0 Å². The highest BCUT2D eigenvalue weighted by molar-refractivity contribution is 5.93. The molecule has 0 aliphatic heterocycles. The van der Waals surface area contributed by atoms with Crippen LogP contribution in [0.15, 0.2) is 60.9 Å². The molecule has 0 radical (unpaired) electrons. The predicted octanol–water partition coefficient (Wildman–Crippen LogP) is 5.66. The van der Waals surface area contributed by atoms with E-state index < -0.39 is 23.3 Å². The minimum Gasteiger partial charge on any atom is -0.422 e. The maximum absolute atomic E-state index is 12.7. The van der Waals surface area contributed by atoms with Gasteiger partial charge >= 0.3 is 12.1 Å². The third kappa shape index (κ3) is 4.34. The van der Waals surface area contributed by atoms with Gasteiger partial charge in [-0.3, -0.25) is 9.48 Å². The van der Waals surface area contributed by atoms with Gasteiger partial charge in [-0.05, 0) is 26.8 Å². The van der Waals surface area contributed by atoms with Crippen LogP contribution in [-0.4, -0.2) is 21.9 Å². The molecular formula is C22H21F3N2O2. The lowest BCUT2D eigenvalue weighted by molar-refractivity contribution is -0.168. The summed E-state index contributed by atoms with van der Waals surface area (Å²) in [6.45, 7) is 7.86. The average Bonchev–Trinajstić information content (AvgIpc) is 2.99. The number of allylic oxidation sites excluding steroid dienone is 1. The van der Waals surface area contributed by atoms with Gasteiger partial charge in [0.15, 0.2) is 0 Å². The van der Waals surface area contributed by atoms with E-state index in [1.165, 1.54) is 13.8 Å². The Balaban J connectivity index is 1.95. The van der Waals surface area contributed by atoms with E-state index in [2.05, 4.69) is 16.4 Å². The molecule has 1 heterocycles. The summed E-state index contributed by atoms with van der Waals surface area (Å²) in [6.07, 6.45) is -4.79. The molecular weight excluding hydrogens is 381 g/mol. The number of aryl methyl sites for hydroxylation is 1. The summed E-state index contributed by atoms with van der Waals surface area (Å²) in [7, 11) is 0. The van der Waals surface area contributed by atoms with Gasteiger partial charge in [0, 0.05) is 10.9 Å². The molecule has 0 N–H and O–H groups in total. The first-order chi connectivity index (χ1) is 13.5. The Labute approximate surface area is 166 Å². The predicted molar refractivity (Wildman–Crippen MR) is 105 cm³/mol. The monoisotopic (exact) mass is 402 g/mol. The summed E-state index contributed by atoms with van der Waals surface area (Å²) in [5.74, 6) is -2.54. The Morgan fingerprint density at radius 1 is 1.10 bits per heavy atom. The zero-order valence-electron chi connectivity index (χ0n) is 16.4. The number of benzene rings is 2. The molecule has 0 saturated heterocycles. The second-order valence-electron chi connectivity index (χ2n) is 7.58. The normalized spacial score (nSPS) is 12.2. The van der Waals surface area contributed by atoms with Crippen LogP contribution in [0.5, 0.6) is 0 Å². The number of aromatic nitrogens is 2. The minimum absolute atomic E-state index is 0.0450. The van der Waals surface area contributed by atoms with Gasteiger partial charge in [0.25, 0.3) is 0 Å². The van der Waals surface area contributed by atoms with Gasteiger partial charge < -0.3 is 4.74 Å². The van der Waals surface area contributed by atoms with Gasteiger partial charge in [-0.2, -0.15) is 18.3 Å². The number of esters is 1. The van der Waals surface area contributed by atoms with E-state index in [0.717, 1.165) is 27.7 Å². The van der Waals surface area contributed by atoms with Crippen molar-refractivity contribution in [2.45, 2.75) is 33.5 Å². The Morgan fingerprint density at radius 2 is 1.72 bits per heavy atom. The zero-order valence-corrected chi connectivity index (χ0v) is 16.4. The highest BCUT2D eigenvalue weighted by Crippen LogP contribution is 2.32. The highest BCUT2D eigenvalue weighted by Gasteiger charge is 2.39. The molecule has 152 valence electrons. The maximum Gasteiger partial charge on any atom is 0.449 e. The number of hydrogen-bond donors (Lipinski definition) is 0. The molecule has 3 rings (SSSR count). The summed E-state index contributed by atoms with van der Waals surface area (Å²) in [5, 5.41) is 5.54. The number of halogens is 3. The van der Waals surface area contributed by atoms with E-state index in [1.54, 1.807) is 4.68 Å². The van der Waals surface area contributed by atoms with E-state index in [0.29, 0.717) is 0 Å². The van der Waals surface area contributed by atoms with Crippen molar-refractivity contribution in [1.29, 1.82) is 0 Å². The van der Waals surface area contributed by atoms with Crippen molar-refractivity contribution in [3.63, 3.8) is 0 Å². The molecule has 0 saturated carbocycles. The fraction of sp³-hybridized carbons (Fsp3) is 0.273. The quantitative estimate of drug-likeness (QED) is 0.409. The minimum atomic E-state index is -4.79. The number of ether oxygens (including phenoxy) is 1. The molecule has 0 atom stereocenters. The van der Waals surface area contributed by atoms with E-state index in [-0.39, 0.29) is 6.54 Å². The molecule has 0 unspecified atom stereocenters. The molecule has 7 heteroatoms. The van der Waals surface area contributed by atoms with Crippen molar-refractivity contribution in [3.05, 3.63) is 66.4 Å². The number of rotatable bonds is 5. The molecule has 1 aromatic heterocycles. The Hall–Kier alpha value is -3.09. The summed E-state index contributed by atoms with van der Waals surface area (Å²) in [4.78, 5) is 12.4. The van der Waals surface area contributed by atoms with Gasteiger partial charge in [-0.1, -0.05) is 54.6 Å². The van der Waals surface area contributed by atoms with Gasteiger partial charge in [0.1, 0.15) is 5.69 Å². The van der Waals surface area contributed by atoms with Gasteiger partial charge in [-0.25, -0.2) is 0 Å². The lowest BCUT2D eigenvalue weighted by Gasteiger charge is -2.23. The Morgan fingerprint density at radius 3 is 2.34 bits per heavy atom. The van der Waals surface area contributed by atoms with Crippen molar-refractivity contribution >= 4 is 16.9 Å². The smallest absolute Gasteiger partial charge is 0.422 e. The molecule has 0 aliphatic carbocycles.